The van der Waals surface area contributed by atoms with E-state index in [0.29, 0.717) is 0 Å². The van der Waals surface area contributed by atoms with Gasteiger partial charge < -0.3 is 26.2 Å². The number of aliphatic hydroxyl groups is 1. The van der Waals surface area contributed by atoms with Crippen molar-refractivity contribution in [3.8, 4) is 0 Å². The summed E-state index contributed by atoms with van der Waals surface area (Å²) in [5.74, 6) is -1.57. The van der Waals surface area contributed by atoms with Crippen molar-refractivity contribution >= 4 is 17.9 Å². The average molecular weight is 247 g/mol. The molecule has 0 radical (unpaired) electrons. The predicted octanol–water partition coefficient (Wildman–Crippen LogP) is -1.74. The first-order valence-corrected chi connectivity index (χ1v) is 5.04. The van der Waals surface area contributed by atoms with Gasteiger partial charge in [0.05, 0.1) is 6.10 Å². The molecule has 0 aliphatic heterocycles. The summed E-state index contributed by atoms with van der Waals surface area (Å²) in [4.78, 5) is 32.7. The zero-order valence-electron chi connectivity index (χ0n) is 9.69. The molecule has 98 valence electrons. The SMILES string of the molecule is CNC(=O)CCNC(=O)N[C@H](C(=O)O)[C@@H](C)O. The molecule has 0 spiro atoms. The maximum atomic E-state index is 11.2. The number of nitrogens with one attached hydrogen (secondary N) is 3. The van der Waals surface area contributed by atoms with Crippen LogP contribution in [0.5, 0.6) is 0 Å². The second-order valence-electron chi connectivity index (χ2n) is 3.38. The number of aliphatic carboxylic acids is 1. The Morgan fingerprint density at radius 1 is 1.29 bits per heavy atom. The van der Waals surface area contributed by atoms with Crippen LogP contribution in [0.3, 0.4) is 0 Å². The molecule has 0 saturated heterocycles. The third kappa shape index (κ3) is 6.36. The fourth-order valence-electron chi connectivity index (χ4n) is 0.996. The third-order valence-electron chi connectivity index (χ3n) is 1.95. The quantitative estimate of drug-likeness (QED) is 0.380. The Hall–Kier alpha value is -1.83. The van der Waals surface area contributed by atoms with E-state index in [1.165, 1.54) is 14.0 Å². The van der Waals surface area contributed by atoms with Crippen molar-refractivity contribution in [2.75, 3.05) is 13.6 Å². The zero-order chi connectivity index (χ0) is 13.4. The minimum atomic E-state index is -1.38. The van der Waals surface area contributed by atoms with Gasteiger partial charge in [-0.3, -0.25) is 4.79 Å². The lowest BCUT2D eigenvalue weighted by atomic mass is 10.2. The van der Waals surface area contributed by atoms with Crippen LogP contribution in [0.2, 0.25) is 0 Å². The molecule has 5 N–H and O–H groups in total. The van der Waals surface area contributed by atoms with E-state index in [1.807, 2.05) is 0 Å². The predicted molar refractivity (Wildman–Crippen MR) is 58.3 cm³/mol. The molecule has 0 aliphatic carbocycles. The van der Waals surface area contributed by atoms with E-state index in [0.717, 1.165) is 0 Å². The second-order valence-corrected chi connectivity index (χ2v) is 3.38. The largest absolute Gasteiger partial charge is 0.480 e. The molecule has 0 saturated carbocycles. The first kappa shape index (κ1) is 15.2. The van der Waals surface area contributed by atoms with Gasteiger partial charge >= 0.3 is 12.0 Å². The van der Waals surface area contributed by atoms with E-state index in [-0.39, 0.29) is 18.9 Å². The zero-order valence-corrected chi connectivity index (χ0v) is 9.69. The monoisotopic (exact) mass is 247 g/mol. The lowest BCUT2D eigenvalue weighted by Crippen LogP contribution is -2.51. The molecule has 0 heterocycles. The Balaban J connectivity index is 3.99. The summed E-state index contributed by atoms with van der Waals surface area (Å²) in [5.41, 5.74) is 0. The number of carbonyl (C=O) groups excluding carboxylic acids is 2. The van der Waals surface area contributed by atoms with Crippen LogP contribution in [0.4, 0.5) is 4.79 Å². The lowest BCUT2D eigenvalue weighted by molar-refractivity contribution is -0.141. The van der Waals surface area contributed by atoms with Gasteiger partial charge in [0.15, 0.2) is 6.04 Å². The Morgan fingerprint density at radius 2 is 1.88 bits per heavy atom. The van der Waals surface area contributed by atoms with Gasteiger partial charge in [-0.2, -0.15) is 0 Å². The summed E-state index contributed by atoms with van der Waals surface area (Å²) >= 11 is 0. The fraction of sp³-hybridized carbons (Fsp3) is 0.667. The van der Waals surface area contributed by atoms with E-state index < -0.39 is 24.1 Å². The van der Waals surface area contributed by atoms with Gasteiger partial charge in [-0.25, -0.2) is 9.59 Å². The van der Waals surface area contributed by atoms with Crippen molar-refractivity contribution in [2.24, 2.45) is 0 Å². The maximum Gasteiger partial charge on any atom is 0.328 e. The standard InChI is InChI=1S/C9H17N3O5/c1-5(13)7(8(15)16)12-9(17)11-4-3-6(14)10-2/h5,7,13H,3-4H2,1-2H3,(H,10,14)(H,15,16)(H2,11,12,17)/t5-,7+/m1/s1. The number of aliphatic hydroxyl groups excluding tert-OH is 1. The van der Waals surface area contributed by atoms with E-state index in [2.05, 4.69) is 16.0 Å². The van der Waals surface area contributed by atoms with Gasteiger partial charge in [0, 0.05) is 20.0 Å². The first-order chi connectivity index (χ1) is 7.88. The number of carbonyl (C=O) groups is 3. The van der Waals surface area contributed by atoms with Crippen molar-refractivity contribution in [3.63, 3.8) is 0 Å². The molecule has 2 atom stereocenters. The molecule has 0 aromatic rings. The Labute approximate surface area is 98.4 Å². The van der Waals surface area contributed by atoms with E-state index >= 15 is 0 Å². The smallest absolute Gasteiger partial charge is 0.328 e. The minimum Gasteiger partial charge on any atom is -0.480 e. The number of urea groups is 1. The Bertz CT molecular complexity index is 292. The van der Waals surface area contributed by atoms with Crippen LogP contribution in [0, 0.1) is 0 Å². The Kier molecular flexibility index (Phi) is 6.64. The van der Waals surface area contributed by atoms with Gasteiger partial charge in [-0.15, -0.1) is 0 Å². The van der Waals surface area contributed by atoms with Crippen LogP contribution in [0.1, 0.15) is 13.3 Å². The molecule has 0 unspecified atom stereocenters. The van der Waals surface area contributed by atoms with Crippen molar-refractivity contribution < 1.29 is 24.6 Å². The molecule has 0 aliphatic rings. The molecule has 3 amide bonds. The molecule has 8 nitrogen and oxygen atoms in total. The van der Waals surface area contributed by atoms with Gasteiger partial charge in [0.2, 0.25) is 5.91 Å². The molecule has 0 bridgehead atoms. The Morgan fingerprint density at radius 3 is 2.29 bits per heavy atom. The van der Waals surface area contributed by atoms with E-state index in [9.17, 15) is 14.4 Å². The lowest BCUT2D eigenvalue weighted by Gasteiger charge is -2.17. The number of hydrogen-bond donors (Lipinski definition) is 5. The van der Waals surface area contributed by atoms with Gasteiger partial charge in [-0.1, -0.05) is 0 Å². The van der Waals surface area contributed by atoms with Crippen molar-refractivity contribution in [1.82, 2.24) is 16.0 Å². The highest BCUT2D eigenvalue weighted by atomic mass is 16.4. The normalized spacial score (nSPS) is 13.4. The van der Waals surface area contributed by atoms with Crippen molar-refractivity contribution in [1.29, 1.82) is 0 Å². The number of carboxylic acid groups (broad SMARTS) is 1. The molecule has 0 fully saturated rings. The van der Waals surface area contributed by atoms with Crippen LogP contribution in [-0.2, 0) is 9.59 Å². The summed E-state index contributed by atoms with van der Waals surface area (Å²) in [6, 6.07) is -2.13. The van der Waals surface area contributed by atoms with Crippen molar-refractivity contribution in [2.45, 2.75) is 25.5 Å². The molecular formula is C9H17N3O5. The fourth-order valence-corrected chi connectivity index (χ4v) is 0.996. The van der Waals surface area contributed by atoms with Crippen molar-refractivity contribution in [3.05, 3.63) is 0 Å². The summed E-state index contributed by atoms with van der Waals surface area (Å²) in [7, 11) is 1.47. The summed E-state index contributed by atoms with van der Waals surface area (Å²) in [5, 5.41) is 24.5. The van der Waals surface area contributed by atoms with Crippen LogP contribution >= 0.6 is 0 Å². The molecule has 0 rings (SSSR count). The van der Waals surface area contributed by atoms with Gasteiger partial charge in [0.25, 0.3) is 0 Å². The second kappa shape index (κ2) is 7.44. The molecule has 17 heavy (non-hydrogen) atoms. The molecule has 8 heteroatoms. The van der Waals surface area contributed by atoms with Gasteiger partial charge in [0.1, 0.15) is 0 Å². The maximum absolute atomic E-state index is 11.2. The summed E-state index contributed by atoms with van der Waals surface area (Å²) < 4.78 is 0. The van der Waals surface area contributed by atoms with Crippen LogP contribution in [0.15, 0.2) is 0 Å². The average Bonchev–Trinajstić information content (AvgIpc) is 2.24. The molecule has 0 aromatic carbocycles. The number of amides is 3. The van der Waals surface area contributed by atoms with Gasteiger partial charge in [-0.05, 0) is 6.92 Å². The van der Waals surface area contributed by atoms with Crippen LogP contribution in [-0.4, -0.2) is 53.9 Å². The minimum absolute atomic E-state index is 0.0810. The highest BCUT2D eigenvalue weighted by Gasteiger charge is 2.24. The molecule has 0 aromatic heterocycles. The summed E-state index contributed by atoms with van der Waals surface area (Å²) in [6.07, 6.45) is -1.12. The van der Waals surface area contributed by atoms with E-state index in [1.54, 1.807) is 0 Å². The topological polar surface area (TPSA) is 128 Å². The number of rotatable bonds is 6. The third-order valence-corrected chi connectivity index (χ3v) is 1.95. The first-order valence-electron chi connectivity index (χ1n) is 5.04. The van der Waals surface area contributed by atoms with Crippen LogP contribution < -0.4 is 16.0 Å². The molecular weight excluding hydrogens is 230 g/mol. The van der Waals surface area contributed by atoms with E-state index in [4.69, 9.17) is 10.2 Å². The number of carboxylic acids is 1. The number of hydrogen-bond acceptors (Lipinski definition) is 4. The van der Waals surface area contributed by atoms with Crippen LogP contribution in [0.25, 0.3) is 0 Å². The summed E-state index contributed by atoms with van der Waals surface area (Å²) in [6.45, 7) is 1.33. The highest BCUT2D eigenvalue weighted by Crippen LogP contribution is 1.92. The highest BCUT2D eigenvalue weighted by molar-refractivity contribution is 5.83.